The summed E-state index contributed by atoms with van der Waals surface area (Å²) in [7, 11) is 0. The average molecular weight is 485 g/mol. The van der Waals surface area contributed by atoms with Crippen molar-refractivity contribution in [3.05, 3.63) is 101 Å². The molecule has 0 aliphatic carbocycles. The van der Waals surface area contributed by atoms with Gasteiger partial charge < -0.3 is 14.6 Å². The molecule has 1 aromatic heterocycles. The van der Waals surface area contributed by atoms with E-state index in [1.807, 2.05) is 69.3 Å². The van der Waals surface area contributed by atoms with Gasteiger partial charge in [-0.3, -0.25) is 4.90 Å². The minimum Gasteiger partial charge on any atom is -0.494 e. The van der Waals surface area contributed by atoms with Crippen molar-refractivity contribution in [3.63, 3.8) is 0 Å². The summed E-state index contributed by atoms with van der Waals surface area (Å²) in [6.45, 7) is 6.29. The first-order chi connectivity index (χ1) is 17.4. The smallest absolute Gasteiger partial charge is 0.326 e. The highest BCUT2D eigenvalue weighted by Crippen LogP contribution is 2.39. The van der Waals surface area contributed by atoms with Crippen LogP contribution >= 0.6 is 0 Å². The van der Waals surface area contributed by atoms with Gasteiger partial charge in [0, 0.05) is 11.3 Å². The van der Waals surface area contributed by atoms with Crippen LogP contribution in [-0.4, -0.2) is 22.8 Å². The van der Waals surface area contributed by atoms with Crippen LogP contribution in [0.15, 0.2) is 83.0 Å². The van der Waals surface area contributed by atoms with Gasteiger partial charge in [-0.15, -0.1) is 0 Å². The number of allylic oxidation sites excluding steroid dienone is 1. The number of urea groups is 1. The van der Waals surface area contributed by atoms with Gasteiger partial charge in [-0.2, -0.15) is 4.98 Å². The summed E-state index contributed by atoms with van der Waals surface area (Å²) in [6.07, 6.45) is 0. The van der Waals surface area contributed by atoms with E-state index < -0.39 is 6.04 Å². The van der Waals surface area contributed by atoms with E-state index in [4.69, 9.17) is 9.26 Å². The number of benzene rings is 3. The second-order valence-corrected chi connectivity index (χ2v) is 8.49. The Morgan fingerprint density at radius 2 is 1.81 bits per heavy atom. The summed E-state index contributed by atoms with van der Waals surface area (Å²) >= 11 is 0. The van der Waals surface area contributed by atoms with Gasteiger partial charge in [-0.05, 0) is 68.8 Å². The Bertz CT molecular complexity index is 1430. The van der Waals surface area contributed by atoms with Crippen LogP contribution in [0.25, 0.3) is 17.0 Å². The van der Waals surface area contributed by atoms with Crippen molar-refractivity contribution >= 4 is 17.3 Å². The maximum Gasteiger partial charge on any atom is 0.326 e. The number of nitrogens with zero attached hydrogens (tertiary/aromatic N) is 3. The Kier molecular flexibility index (Phi) is 6.25. The van der Waals surface area contributed by atoms with E-state index in [0.717, 1.165) is 22.4 Å². The SMILES string of the molecule is CCOc1ccc(C2NC(=O)N(c3ccc(F)cc3)C(C)=C2c2nc(-c3cccc(C)c3)no2)cc1. The molecule has 1 unspecified atom stereocenters. The zero-order valence-electron chi connectivity index (χ0n) is 20.2. The number of hydrogen-bond acceptors (Lipinski definition) is 5. The normalized spacial score (nSPS) is 15.7. The second-order valence-electron chi connectivity index (χ2n) is 8.49. The van der Waals surface area contributed by atoms with Crippen molar-refractivity contribution in [2.45, 2.75) is 26.8 Å². The summed E-state index contributed by atoms with van der Waals surface area (Å²) in [5, 5.41) is 7.26. The number of rotatable bonds is 6. The molecule has 0 fully saturated rings. The first kappa shape index (κ1) is 23.3. The van der Waals surface area contributed by atoms with E-state index in [1.165, 1.54) is 17.0 Å². The molecule has 0 bridgehead atoms. The number of hydrogen-bond donors (Lipinski definition) is 1. The third kappa shape index (κ3) is 4.45. The fourth-order valence-electron chi connectivity index (χ4n) is 4.33. The predicted octanol–water partition coefficient (Wildman–Crippen LogP) is 6.28. The maximum absolute atomic E-state index is 13.6. The number of carbonyl (C=O) groups excluding carboxylic acids is 1. The maximum atomic E-state index is 13.6. The molecule has 1 aliphatic rings. The highest BCUT2D eigenvalue weighted by Gasteiger charge is 2.36. The summed E-state index contributed by atoms with van der Waals surface area (Å²) in [5.74, 6) is 1.09. The van der Waals surface area contributed by atoms with Crippen LogP contribution in [0.5, 0.6) is 5.75 Å². The number of aromatic nitrogens is 2. The number of ether oxygens (including phenoxy) is 1. The zero-order chi connectivity index (χ0) is 25.2. The third-order valence-corrected chi connectivity index (χ3v) is 6.03. The molecule has 4 aromatic rings. The van der Waals surface area contributed by atoms with Crippen LogP contribution in [0.2, 0.25) is 0 Å². The molecule has 0 radical (unpaired) electrons. The number of aryl methyl sites for hydroxylation is 1. The van der Waals surface area contributed by atoms with Gasteiger partial charge >= 0.3 is 6.03 Å². The van der Waals surface area contributed by atoms with Crippen LogP contribution < -0.4 is 15.0 Å². The van der Waals surface area contributed by atoms with Gasteiger partial charge in [0.1, 0.15) is 11.6 Å². The molecule has 3 aromatic carbocycles. The molecule has 182 valence electrons. The van der Waals surface area contributed by atoms with Gasteiger partial charge in [-0.1, -0.05) is 41.1 Å². The fourth-order valence-corrected chi connectivity index (χ4v) is 4.33. The minimum atomic E-state index is -0.546. The highest BCUT2D eigenvalue weighted by atomic mass is 19.1. The van der Waals surface area contributed by atoms with Crippen LogP contribution in [0.1, 0.15) is 36.9 Å². The third-order valence-electron chi connectivity index (χ3n) is 6.03. The fraction of sp³-hybridized carbons (Fsp3) is 0.179. The number of carbonyl (C=O) groups is 1. The van der Waals surface area contributed by atoms with Crippen molar-refractivity contribution in [2.24, 2.45) is 0 Å². The molecule has 0 saturated carbocycles. The molecule has 1 aliphatic heterocycles. The molecule has 7 nitrogen and oxygen atoms in total. The summed E-state index contributed by atoms with van der Waals surface area (Å²) in [5.41, 5.74) is 4.51. The quantitative estimate of drug-likeness (QED) is 0.348. The summed E-state index contributed by atoms with van der Waals surface area (Å²) in [6, 6.07) is 20.2. The molecule has 2 heterocycles. The van der Waals surface area contributed by atoms with E-state index in [9.17, 15) is 9.18 Å². The minimum absolute atomic E-state index is 0.287. The molecule has 2 amide bonds. The van der Waals surface area contributed by atoms with Crippen LogP contribution in [-0.2, 0) is 0 Å². The van der Waals surface area contributed by atoms with Gasteiger partial charge in [0.25, 0.3) is 5.89 Å². The number of amides is 2. The lowest BCUT2D eigenvalue weighted by Gasteiger charge is -2.35. The predicted molar refractivity (Wildman–Crippen MR) is 135 cm³/mol. The number of nitrogens with one attached hydrogen (secondary N) is 1. The van der Waals surface area contributed by atoms with Crippen molar-refractivity contribution in [2.75, 3.05) is 11.5 Å². The molecule has 36 heavy (non-hydrogen) atoms. The largest absolute Gasteiger partial charge is 0.494 e. The standard InChI is InChI=1S/C28H25FN4O3/c1-4-35-23-14-8-19(9-15-23)25-24(27-31-26(32-36-27)20-7-5-6-17(2)16-20)18(3)33(28(34)30-25)22-12-10-21(29)11-13-22/h5-16,25H,4H2,1-3H3,(H,30,34). The monoisotopic (exact) mass is 484 g/mol. The van der Waals surface area contributed by atoms with E-state index in [-0.39, 0.29) is 17.7 Å². The zero-order valence-corrected chi connectivity index (χ0v) is 20.2. The highest BCUT2D eigenvalue weighted by molar-refractivity contribution is 6.01. The molecule has 0 saturated heterocycles. The lowest BCUT2D eigenvalue weighted by atomic mass is 9.94. The Balaban J connectivity index is 1.62. The van der Waals surface area contributed by atoms with Crippen LogP contribution in [0.4, 0.5) is 14.9 Å². The summed E-state index contributed by atoms with van der Waals surface area (Å²) in [4.78, 5) is 19.4. The van der Waals surface area contributed by atoms with Gasteiger partial charge in [0.05, 0.1) is 23.9 Å². The van der Waals surface area contributed by atoms with Crippen molar-refractivity contribution in [1.82, 2.24) is 15.5 Å². The van der Waals surface area contributed by atoms with Crippen molar-refractivity contribution in [3.8, 4) is 17.1 Å². The lowest BCUT2D eigenvalue weighted by Crippen LogP contribution is -2.46. The lowest BCUT2D eigenvalue weighted by molar-refractivity contribution is 0.244. The van der Waals surface area contributed by atoms with Crippen LogP contribution in [0.3, 0.4) is 0 Å². The van der Waals surface area contributed by atoms with Gasteiger partial charge in [-0.25, -0.2) is 9.18 Å². The molecule has 0 spiro atoms. The Hall–Kier alpha value is -4.46. The Labute approximate surface area is 208 Å². The molecule has 1 N–H and O–H groups in total. The molecular weight excluding hydrogens is 459 g/mol. The van der Waals surface area contributed by atoms with E-state index in [1.54, 1.807) is 12.1 Å². The Morgan fingerprint density at radius 1 is 1.06 bits per heavy atom. The molecule has 5 rings (SSSR count). The van der Waals surface area contributed by atoms with E-state index in [0.29, 0.717) is 29.4 Å². The molecule has 8 heteroatoms. The number of anilines is 1. The van der Waals surface area contributed by atoms with Crippen molar-refractivity contribution in [1.29, 1.82) is 0 Å². The van der Waals surface area contributed by atoms with Crippen LogP contribution in [0, 0.1) is 12.7 Å². The average Bonchev–Trinajstić information content (AvgIpc) is 3.35. The second kappa shape index (κ2) is 9.65. The summed E-state index contributed by atoms with van der Waals surface area (Å²) < 4.78 is 24.9. The topological polar surface area (TPSA) is 80.5 Å². The molecular formula is C28H25FN4O3. The first-order valence-corrected chi connectivity index (χ1v) is 11.7. The van der Waals surface area contributed by atoms with Crippen molar-refractivity contribution < 1.29 is 18.4 Å². The van der Waals surface area contributed by atoms with E-state index in [2.05, 4.69) is 15.5 Å². The molecule has 1 atom stereocenters. The first-order valence-electron chi connectivity index (χ1n) is 11.7. The number of halogens is 1. The Morgan fingerprint density at radius 3 is 2.50 bits per heavy atom. The van der Waals surface area contributed by atoms with Gasteiger partial charge in [0.15, 0.2) is 0 Å². The van der Waals surface area contributed by atoms with E-state index >= 15 is 0 Å². The van der Waals surface area contributed by atoms with Gasteiger partial charge in [0.2, 0.25) is 5.82 Å².